The molecular weight excluding hydrogens is 212 g/mol. The number of piperidine rings is 1. The minimum absolute atomic E-state index is 0.245. The van der Waals surface area contributed by atoms with Gasteiger partial charge in [0.2, 0.25) is 5.91 Å². The second-order valence-electron chi connectivity index (χ2n) is 4.96. The van der Waals surface area contributed by atoms with Crippen LogP contribution in [0.5, 0.6) is 0 Å². The number of para-hydroxylation sites is 1. The molecule has 1 amide bonds. The van der Waals surface area contributed by atoms with Crippen LogP contribution in [0.15, 0.2) is 30.3 Å². The monoisotopic (exact) mass is 230 g/mol. The van der Waals surface area contributed by atoms with Crippen molar-refractivity contribution in [3.8, 4) is 0 Å². The molecule has 3 rings (SSSR count). The van der Waals surface area contributed by atoms with E-state index in [0.717, 1.165) is 18.8 Å². The summed E-state index contributed by atoms with van der Waals surface area (Å²) in [7, 11) is 0. The van der Waals surface area contributed by atoms with E-state index in [0.29, 0.717) is 12.6 Å². The first-order valence-electron chi connectivity index (χ1n) is 6.44. The fourth-order valence-corrected chi connectivity index (χ4v) is 2.90. The molecule has 0 saturated carbocycles. The average molecular weight is 230 g/mol. The number of fused-ring (bicyclic) bond motifs is 1. The van der Waals surface area contributed by atoms with Crippen LogP contribution < -0.4 is 4.90 Å². The average Bonchev–Trinajstić information content (AvgIpc) is 2.39. The first-order chi connectivity index (χ1) is 8.34. The van der Waals surface area contributed by atoms with E-state index in [9.17, 15) is 4.79 Å². The maximum absolute atomic E-state index is 12.1. The van der Waals surface area contributed by atoms with E-state index in [1.165, 1.54) is 19.3 Å². The van der Waals surface area contributed by atoms with Gasteiger partial charge in [0.15, 0.2) is 0 Å². The van der Waals surface area contributed by atoms with Crippen molar-refractivity contribution >= 4 is 11.6 Å². The summed E-state index contributed by atoms with van der Waals surface area (Å²) in [5.41, 5.74) is 1.04. The van der Waals surface area contributed by atoms with Crippen LogP contribution in [0.3, 0.4) is 0 Å². The van der Waals surface area contributed by atoms with Crippen molar-refractivity contribution in [1.29, 1.82) is 0 Å². The van der Waals surface area contributed by atoms with Crippen LogP contribution in [0, 0.1) is 0 Å². The van der Waals surface area contributed by atoms with Gasteiger partial charge in [0.05, 0.1) is 6.54 Å². The Balaban J connectivity index is 1.80. The molecule has 1 atom stereocenters. The second-order valence-corrected chi connectivity index (χ2v) is 4.96. The normalized spacial score (nSPS) is 25.8. The molecule has 0 unspecified atom stereocenters. The van der Waals surface area contributed by atoms with Gasteiger partial charge in [0.25, 0.3) is 0 Å². The Hall–Kier alpha value is -1.35. The Bertz CT molecular complexity index is 404. The maximum atomic E-state index is 12.1. The summed E-state index contributed by atoms with van der Waals surface area (Å²) in [6.45, 7) is 2.56. The van der Waals surface area contributed by atoms with E-state index < -0.39 is 0 Å². The van der Waals surface area contributed by atoms with Gasteiger partial charge in [0, 0.05) is 18.3 Å². The van der Waals surface area contributed by atoms with Gasteiger partial charge in [-0.2, -0.15) is 0 Å². The molecule has 2 aliphatic rings. The zero-order valence-electron chi connectivity index (χ0n) is 10.0. The number of nitrogens with zero attached hydrogens (tertiary/aromatic N) is 2. The summed E-state index contributed by atoms with van der Waals surface area (Å²) in [6, 6.07) is 10.6. The molecule has 0 aromatic heterocycles. The van der Waals surface area contributed by atoms with Crippen molar-refractivity contribution in [1.82, 2.24) is 4.90 Å². The lowest BCUT2D eigenvalue weighted by molar-refractivity contribution is -0.123. The van der Waals surface area contributed by atoms with Gasteiger partial charge in [0.1, 0.15) is 0 Å². The highest BCUT2D eigenvalue weighted by Gasteiger charge is 2.33. The van der Waals surface area contributed by atoms with Crippen LogP contribution in [0.4, 0.5) is 5.69 Å². The number of anilines is 1. The van der Waals surface area contributed by atoms with Crippen LogP contribution in [0.1, 0.15) is 19.3 Å². The fourth-order valence-electron chi connectivity index (χ4n) is 2.90. The van der Waals surface area contributed by atoms with E-state index in [4.69, 9.17) is 0 Å². The summed E-state index contributed by atoms with van der Waals surface area (Å²) < 4.78 is 0. The highest BCUT2D eigenvalue weighted by molar-refractivity contribution is 5.95. The van der Waals surface area contributed by atoms with Crippen LogP contribution in [-0.2, 0) is 4.79 Å². The van der Waals surface area contributed by atoms with Gasteiger partial charge in [-0.15, -0.1) is 0 Å². The summed E-state index contributed by atoms with van der Waals surface area (Å²) in [6.07, 6.45) is 3.78. The molecule has 1 aromatic rings. The van der Waals surface area contributed by atoms with Gasteiger partial charge in [-0.3, -0.25) is 9.69 Å². The number of benzene rings is 1. The molecule has 0 N–H and O–H groups in total. The summed E-state index contributed by atoms with van der Waals surface area (Å²) in [5.74, 6) is 0.245. The number of amides is 1. The number of hydrogen-bond donors (Lipinski definition) is 0. The van der Waals surface area contributed by atoms with E-state index in [1.807, 2.05) is 35.2 Å². The highest BCUT2D eigenvalue weighted by Crippen LogP contribution is 2.25. The van der Waals surface area contributed by atoms with Crippen molar-refractivity contribution in [2.45, 2.75) is 25.3 Å². The number of carbonyl (C=O) groups is 1. The standard InChI is InChI=1S/C14H18N2O/c17-14-11-15-9-5-4-8-13(15)10-16(14)12-6-2-1-3-7-12/h1-3,6-7,13H,4-5,8-11H2/t13-/m0/s1. The molecule has 0 aliphatic carbocycles. The minimum atomic E-state index is 0.245. The van der Waals surface area contributed by atoms with Crippen molar-refractivity contribution in [3.05, 3.63) is 30.3 Å². The summed E-state index contributed by atoms with van der Waals surface area (Å²) in [4.78, 5) is 16.4. The molecule has 3 heteroatoms. The number of hydrogen-bond acceptors (Lipinski definition) is 2. The van der Waals surface area contributed by atoms with Gasteiger partial charge < -0.3 is 4.90 Å². The van der Waals surface area contributed by atoms with Crippen molar-refractivity contribution in [2.24, 2.45) is 0 Å². The first kappa shape index (κ1) is 10.8. The summed E-state index contributed by atoms with van der Waals surface area (Å²) in [5, 5.41) is 0. The van der Waals surface area contributed by atoms with Crippen molar-refractivity contribution in [3.63, 3.8) is 0 Å². The Labute approximate surface area is 102 Å². The molecule has 17 heavy (non-hydrogen) atoms. The molecule has 1 aromatic carbocycles. The Morgan fingerprint density at radius 3 is 2.76 bits per heavy atom. The largest absolute Gasteiger partial charge is 0.310 e. The van der Waals surface area contributed by atoms with E-state index in [-0.39, 0.29) is 5.91 Å². The lowest BCUT2D eigenvalue weighted by Crippen LogP contribution is -2.57. The predicted octanol–water partition coefficient (Wildman–Crippen LogP) is 1.89. The highest BCUT2D eigenvalue weighted by atomic mass is 16.2. The maximum Gasteiger partial charge on any atom is 0.241 e. The Kier molecular flexibility index (Phi) is 2.85. The molecule has 2 heterocycles. The molecule has 2 fully saturated rings. The molecule has 0 bridgehead atoms. The molecule has 2 aliphatic heterocycles. The van der Waals surface area contributed by atoms with Crippen molar-refractivity contribution < 1.29 is 4.79 Å². The minimum Gasteiger partial charge on any atom is -0.310 e. The van der Waals surface area contributed by atoms with Gasteiger partial charge >= 0.3 is 0 Å². The third kappa shape index (κ3) is 2.07. The Morgan fingerprint density at radius 2 is 1.94 bits per heavy atom. The lowest BCUT2D eigenvalue weighted by Gasteiger charge is -2.43. The number of rotatable bonds is 1. The molecule has 0 spiro atoms. The lowest BCUT2D eigenvalue weighted by atomic mass is 9.99. The van der Waals surface area contributed by atoms with Gasteiger partial charge in [-0.25, -0.2) is 0 Å². The summed E-state index contributed by atoms with van der Waals surface area (Å²) >= 11 is 0. The SMILES string of the molecule is O=C1CN2CCCC[C@H]2CN1c1ccccc1. The van der Waals surface area contributed by atoms with Gasteiger partial charge in [-0.1, -0.05) is 24.6 Å². The molecule has 90 valence electrons. The van der Waals surface area contributed by atoms with E-state index in [1.54, 1.807) is 0 Å². The molecule has 0 radical (unpaired) electrons. The third-order valence-corrected chi connectivity index (χ3v) is 3.85. The smallest absolute Gasteiger partial charge is 0.241 e. The first-order valence-corrected chi connectivity index (χ1v) is 6.44. The van der Waals surface area contributed by atoms with Gasteiger partial charge in [-0.05, 0) is 31.5 Å². The van der Waals surface area contributed by atoms with Crippen LogP contribution in [0.25, 0.3) is 0 Å². The molecular formula is C14H18N2O. The van der Waals surface area contributed by atoms with E-state index in [2.05, 4.69) is 4.90 Å². The number of carbonyl (C=O) groups excluding carboxylic acids is 1. The van der Waals surface area contributed by atoms with Crippen LogP contribution in [-0.4, -0.2) is 36.5 Å². The predicted molar refractivity (Wildman–Crippen MR) is 68.0 cm³/mol. The quantitative estimate of drug-likeness (QED) is 0.735. The zero-order valence-corrected chi connectivity index (χ0v) is 10.0. The number of piperazine rings is 1. The van der Waals surface area contributed by atoms with E-state index >= 15 is 0 Å². The Morgan fingerprint density at radius 1 is 1.12 bits per heavy atom. The topological polar surface area (TPSA) is 23.6 Å². The van der Waals surface area contributed by atoms with Crippen molar-refractivity contribution in [2.75, 3.05) is 24.5 Å². The third-order valence-electron chi connectivity index (χ3n) is 3.85. The molecule has 2 saturated heterocycles. The van der Waals surface area contributed by atoms with Crippen LogP contribution >= 0.6 is 0 Å². The zero-order chi connectivity index (χ0) is 11.7. The van der Waals surface area contributed by atoms with Crippen LogP contribution in [0.2, 0.25) is 0 Å². The fraction of sp³-hybridized carbons (Fsp3) is 0.500. The second kappa shape index (κ2) is 4.49. The molecule has 3 nitrogen and oxygen atoms in total.